The van der Waals surface area contributed by atoms with Crippen molar-refractivity contribution in [3.05, 3.63) is 71.8 Å². The average Bonchev–Trinajstić information content (AvgIpc) is 2.71. The fraction of sp³-hybridized carbons (Fsp3) is 0.190. The number of alkyl halides is 9. The van der Waals surface area contributed by atoms with Gasteiger partial charge in [-0.1, -0.05) is 36.4 Å². The second kappa shape index (κ2) is 8.38. The number of anilines is 1. The molecular formula is C21H12F9NO3. The van der Waals surface area contributed by atoms with Crippen molar-refractivity contribution < 1.29 is 54.2 Å². The molecular weight excluding hydrogens is 485 g/mol. The fourth-order valence-corrected chi connectivity index (χ4v) is 3.17. The zero-order valence-corrected chi connectivity index (χ0v) is 16.4. The highest BCUT2D eigenvalue weighted by atomic mass is 19.4. The topological polar surface area (TPSA) is 58.6 Å². The first-order chi connectivity index (χ1) is 15.5. The summed E-state index contributed by atoms with van der Waals surface area (Å²) in [5.41, 5.74) is -8.40. The molecule has 0 bridgehead atoms. The zero-order valence-electron chi connectivity index (χ0n) is 16.4. The highest BCUT2D eigenvalue weighted by molar-refractivity contribution is 6.10. The molecule has 3 aromatic rings. The standard InChI is InChI=1S/C21H12F9NO3/c22-19(23,24)18(33,20(25,26)27)15-10-7-11-3-1-2-4-14(11)16(15)31-17(32)12-5-8-13(9-6-12)34-21(28,29)30/h1-10,33H,(H,31,32). The lowest BCUT2D eigenvalue weighted by atomic mass is 9.88. The lowest BCUT2D eigenvalue weighted by Gasteiger charge is -2.34. The number of hydrogen-bond acceptors (Lipinski definition) is 3. The van der Waals surface area contributed by atoms with Crippen LogP contribution in [-0.2, 0) is 5.60 Å². The molecule has 0 aliphatic carbocycles. The average molecular weight is 497 g/mol. The summed E-state index contributed by atoms with van der Waals surface area (Å²) in [5.74, 6) is -1.96. The second-order valence-corrected chi connectivity index (χ2v) is 6.94. The first-order valence-electron chi connectivity index (χ1n) is 9.10. The molecule has 0 aromatic heterocycles. The molecule has 0 saturated carbocycles. The lowest BCUT2D eigenvalue weighted by molar-refractivity contribution is -0.375. The van der Waals surface area contributed by atoms with Crippen LogP contribution in [0.15, 0.2) is 60.7 Å². The van der Waals surface area contributed by atoms with E-state index >= 15 is 0 Å². The molecule has 13 heteroatoms. The molecule has 0 spiro atoms. The molecule has 4 nitrogen and oxygen atoms in total. The predicted octanol–water partition coefficient (Wildman–Crippen LogP) is 6.30. The summed E-state index contributed by atoms with van der Waals surface area (Å²) in [6, 6.07) is 9.59. The van der Waals surface area contributed by atoms with Crippen molar-refractivity contribution >= 4 is 22.4 Å². The smallest absolute Gasteiger partial charge is 0.406 e. The number of benzene rings is 3. The SMILES string of the molecule is O=C(Nc1c(C(O)(C(F)(F)F)C(F)(F)F)ccc2ccccc12)c1ccc(OC(F)(F)F)cc1. The Kier molecular flexibility index (Phi) is 6.20. The van der Waals surface area contributed by atoms with Crippen molar-refractivity contribution in [3.63, 3.8) is 0 Å². The molecule has 0 unspecified atom stereocenters. The summed E-state index contributed by atoms with van der Waals surface area (Å²) in [4.78, 5) is 12.6. The minimum Gasteiger partial charge on any atom is -0.406 e. The summed E-state index contributed by atoms with van der Waals surface area (Å²) in [6.07, 6.45) is -17.5. The molecule has 0 aliphatic heterocycles. The van der Waals surface area contributed by atoms with Crippen LogP contribution in [0.3, 0.4) is 0 Å². The van der Waals surface area contributed by atoms with Gasteiger partial charge in [-0.2, -0.15) is 26.3 Å². The Labute approximate surface area is 184 Å². The molecule has 182 valence electrons. The molecule has 0 saturated heterocycles. The molecule has 0 aliphatic rings. The quantitative estimate of drug-likeness (QED) is 0.416. The van der Waals surface area contributed by atoms with E-state index in [1.165, 1.54) is 18.2 Å². The number of rotatable bonds is 4. The molecule has 2 N–H and O–H groups in total. The van der Waals surface area contributed by atoms with E-state index in [1.54, 1.807) is 0 Å². The number of carbonyl (C=O) groups is 1. The molecule has 0 heterocycles. The molecule has 0 radical (unpaired) electrons. The maximum Gasteiger partial charge on any atom is 0.573 e. The number of halogens is 9. The van der Waals surface area contributed by atoms with Crippen LogP contribution in [0.1, 0.15) is 15.9 Å². The van der Waals surface area contributed by atoms with Gasteiger partial charge in [0.2, 0.25) is 0 Å². The summed E-state index contributed by atoms with van der Waals surface area (Å²) in [5, 5.41) is 11.7. The minimum absolute atomic E-state index is 0.141. The summed E-state index contributed by atoms with van der Waals surface area (Å²) in [7, 11) is 0. The van der Waals surface area contributed by atoms with Crippen molar-refractivity contribution in [1.82, 2.24) is 0 Å². The molecule has 3 aromatic carbocycles. The van der Waals surface area contributed by atoms with Gasteiger partial charge in [-0.05, 0) is 29.7 Å². The van der Waals surface area contributed by atoms with Gasteiger partial charge >= 0.3 is 18.7 Å². The van der Waals surface area contributed by atoms with Crippen LogP contribution in [0, 0.1) is 0 Å². The van der Waals surface area contributed by atoms with Crippen LogP contribution >= 0.6 is 0 Å². The Balaban J connectivity index is 2.12. The molecule has 34 heavy (non-hydrogen) atoms. The van der Waals surface area contributed by atoms with Crippen molar-refractivity contribution in [3.8, 4) is 5.75 Å². The Hall–Kier alpha value is -3.48. The monoisotopic (exact) mass is 497 g/mol. The third kappa shape index (κ3) is 4.74. The van der Waals surface area contributed by atoms with Crippen molar-refractivity contribution in [2.75, 3.05) is 5.32 Å². The molecule has 3 rings (SSSR count). The predicted molar refractivity (Wildman–Crippen MR) is 101 cm³/mol. The van der Waals surface area contributed by atoms with E-state index in [-0.39, 0.29) is 10.8 Å². The maximum atomic E-state index is 13.5. The van der Waals surface area contributed by atoms with Crippen molar-refractivity contribution in [2.45, 2.75) is 24.3 Å². The van der Waals surface area contributed by atoms with Gasteiger partial charge in [0, 0.05) is 16.5 Å². The number of hydrogen-bond donors (Lipinski definition) is 2. The highest BCUT2D eigenvalue weighted by Crippen LogP contribution is 2.53. The summed E-state index contributed by atoms with van der Waals surface area (Å²) < 4.78 is 122. The van der Waals surface area contributed by atoms with Gasteiger partial charge in [0.25, 0.3) is 11.5 Å². The van der Waals surface area contributed by atoms with E-state index in [9.17, 15) is 49.4 Å². The summed E-state index contributed by atoms with van der Waals surface area (Å²) >= 11 is 0. The second-order valence-electron chi connectivity index (χ2n) is 6.94. The van der Waals surface area contributed by atoms with Gasteiger partial charge in [0.05, 0.1) is 5.69 Å². The normalized spacial score (nSPS) is 13.1. The number of ether oxygens (including phenoxy) is 1. The Morgan fingerprint density at radius 1 is 0.765 bits per heavy atom. The highest BCUT2D eigenvalue weighted by Gasteiger charge is 2.72. The third-order valence-electron chi connectivity index (χ3n) is 4.73. The molecule has 1 amide bonds. The zero-order chi connectivity index (χ0) is 25.5. The van der Waals surface area contributed by atoms with Crippen LogP contribution in [0.25, 0.3) is 10.8 Å². The van der Waals surface area contributed by atoms with E-state index in [2.05, 4.69) is 4.74 Å². The van der Waals surface area contributed by atoms with Crippen LogP contribution in [0.4, 0.5) is 45.2 Å². The van der Waals surface area contributed by atoms with E-state index in [4.69, 9.17) is 0 Å². The van der Waals surface area contributed by atoms with E-state index in [1.807, 2.05) is 5.32 Å². The van der Waals surface area contributed by atoms with Gasteiger partial charge in [-0.3, -0.25) is 4.79 Å². The number of amides is 1. The number of carbonyl (C=O) groups excluding carboxylic acids is 1. The van der Waals surface area contributed by atoms with Gasteiger partial charge in [0.1, 0.15) is 5.75 Å². The number of fused-ring (bicyclic) bond motifs is 1. The Morgan fingerprint density at radius 3 is 1.85 bits per heavy atom. The van der Waals surface area contributed by atoms with Crippen molar-refractivity contribution in [2.24, 2.45) is 0 Å². The van der Waals surface area contributed by atoms with E-state index in [0.29, 0.717) is 6.07 Å². The van der Waals surface area contributed by atoms with Crippen LogP contribution in [0.2, 0.25) is 0 Å². The van der Waals surface area contributed by atoms with Crippen LogP contribution in [0.5, 0.6) is 5.75 Å². The lowest BCUT2D eigenvalue weighted by Crippen LogP contribution is -2.54. The van der Waals surface area contributed by atoms with Crippen LogP contribution in [-0.4, -0.2) is 29.7 Å². The first kappa shape index (κ1) is 25.1. The van der Waals surface area contributed by atoms with Crippen molar-refractivity contribution in [1.29, 1.82) is 0 Å². The number of aliphatic hydroxyl groups is 1. The Morgan fingerprint density at radius 2 is 1.32 bits per heavy atom. The van der Waals surface area contributed by atoms with Gasteiger partial charge in [-0.15, -0.1) is 13.2 Å². The Bertz CT molecular complexity index is 1190. The molecule has 0 atom stereocenters. The van der Waals surface area contributed by atoms with Gasteiger partial charge in [-0.25, -0.2) is 0 Å². The fourth-order valence-electron chi connectivity index (χ4n) is 3.17. The van der Waals surface area contributed by atoms with Gasteiger partial charge < -0.3 is 15.2 Å². The molecule has 0 fully saturated rings. The van der Waals surface area contributed by atoms with Gasteiger partial charge in [0.15, 0.2) is 0 Å². The maximum absolute atomic E-state index is 13.5. The number of nitrogens with one attached hydrogen (secondary N) is 1. The van der Waals surface area contributed by atoms with E-state index in [0.717, 1.165) is 36.4 Å². The minimum atomic E-state index is -6.22. The third-order valence-corrected chi connectivity index (χ3v) is 4.73. The summed E-state index contributed by atoms with van der Waals surface area (Å²) in [6.45, 7) is 0. The van der Waals surface area contributed by atoms with Crippen LogP contribution < -0.4 is 10.1 Å². The van der Waals surface area contributed by atoms with E-state index < -0.39 is 52.8 Å². The largest absolute Gasteiger partial charge is 0.573 e. The first-order valence-corrected chi connectivity index (χ1v) is 9.10.